The fourth-order valence-corrected chi connectivity index (χ4v) is 3.08. The molecule has 0 unspecified atom stereocenters. The van der Waals surface area contributed by atoms with E-state index in [0.29, 0.717) is 23.0 Å². The predicted octanol–water partition coefficient (Wildman–Crippen LogP) is 4.61. The van der Waals surface area contributed by atoms with Crippen molar-refractivity contribution in [3.63, 3.8) is 0 Å². The molecule has 2 heterocycles. The molecule has 4 rings (SSSR count). The minimum atomic E-state index is -0.383. The van der Waals surface area contributed by atoms with E-state index in [1.807, 2.05) is 19.9 Å². The highest BCUT2D eigenvalue weighted by atomic mass is 16.4. The van der Waals surface area contributed by atoms with Gasteiger partial charge in [-0.25, -0.2) is 0 Å². The van der Waals surface area contributed by atoms with Gasteiger partial charge in [-0.2, -0.15) is 0 Å². The van der Waals surface area contributed by atoms with Gasteiger partial charge in [-0.15, -0.1) is 0 Å². The first-order valence-corrected chi connectivity index (χ1v) is 7.92. The molecule has 0 atom stereocenters. The van der Waals surface area contributed by atoms with Crippen molar-refractivity contribution < 1.29 is 19.0 Å². The molecule has 126 valence electrons. The normalized spacial score (nSPS) is 11.4. The van der Waals surface area contributed by atoms with Crippen molar-refractivity contribution >= 4 is 32.9 Å². The van der Waals surface area contributed by atoms with E-state index in [9.17, 15) is 15.0 Å². The van der Waals surface area contributed by atoms with Gasteiger partial charge in [0.1, 0.15) is 16.7 Å². The third kappa shape index (κ3) is 2.20. The lowest BCUT2D eigenvalue weighted by Crippen LogP contribution is -2.04. The Morgan fingerprint density at radius 3 is 2.64 bits per heavy atom. The smallest absolute Gasteiger partial charge is 0.204 e. The molecule has 0 spiro atoms. The second-order valence-corrected chi connectivity index (χ2v) is 6.27. The lowest BCUT2D eigenvalue weighted by molar-refractivity contribution is 0.465. The van der Waals surface area contributed by atoms with Gasteiger partial charge < -0.3 is 19.0 Å². The molecule has 4 aromatic rings. The van der Waals surface area contributed by atoms with Gasteiger partial charge in [-0.1, -0.05) is 17.7 Å². The topological polar surface area (TPSA) is 83.8 Å². The number of allylic oxidation sites excluding steroid dienone is 2. The van der Waals surface area contributed by atoms with E-state index in [-0.39, 0.29) is 38.9 Å². The molecule has 0 amide bonds. The van der Waals surface area contributed by atoms with E-state index in [0.717, 1.165) is 5.57 Å². The van der Waals surface area contributed by atoms with Gasteiger partial charge in [0.15, 0.2) is 16.9 Å². The number of para-hydroxylation sites is 1. The lowest BCUT2D eigenvalue weighted by Gasteiger charge is -2.09. The number of phenols is 2. The van der Waals surface area contributed by atoms with Crippen molar-refractivity contribution in [1.29, 1.82) is 0 Å². The molecule has 0 aliphatic carbocycles. The zero-order chi connectivity index (χ0) is 17.7. The molecule has 2 N–H and O–H groups in total. The summed E-state index contributed by atoms with van der Waals surface area (Å²) in [5, 5.41) is 21.7. The Kier molecular flexibility index (Phi) is 3.32. The van der Waals surface area contributed by atoms with E-state index >= 15 is 0 Å². The average Bonchev–Trinajstić information content (AvgIpc) is 3.05. The van der Waals surface area contributed by atoms with E-state index < -0.39 is 0 Å². The summed E-state index contributed by atoms with van der Waals surface area (Å²) in [4.78, 5) is 12.9. The molecule has 0 saturated carbocycles. The van der Waals surface area contributed by atoms with E-state index in [4.69, 9.17) is 8.83 Å². The van der Waals surface area contributed by atoms with E-state index in [1.165, 1.54) is 12.3 Å². The van der Waals surface area contributed by atoms with Gasteiger partial charge in [0.05, 0.1) is 17.0 Å². The minimum absolute atomic E-state index is 0.0962. The van der Waals surface area contributed by atoms with Crippen LogP contribution in [0.3, 0.4) is 0 Å². The van der Waals surface area contributed by atoms with Crippen LogP contribution >= 0.6 is 0 Å². The Bertz CT molecular complexity index is 1220. The third-order valence-electron chi connectivity index (χ3n) is 4.32. The van der Waals surface area contributed by atoms with Crippen molar-refractivity contribution in [2.24, 2.45) is 0 Å². The number of benzene rings is 2. The molecule has 0 saturated heterocycles. The molecule has 0 aliphatic rings. The Labute approximate surface area is 142 Å². The van der Waals surface area contributed by atoms with Crippen molar-refractivity contribution in [3.05, 3.63) is 58.0 Å². The van der Waals surface area contributed by atoms with Crippen LogP contribution in [0.5, 0.6) is 11.5 Å². The molecule has 5 heteroatoms. The summed E-state index contributed by atoms with van der Waals surface area (Å²) in [6.45, 7) is 3.92. The Balaban J connectivity index is 2.23. The highest BCUT2D eigenvalue weighted by Crippen LogP contribution is 2.39. The van der Waals surface area contributed by atoms with Crippen LogP contribution in [-0.4, -0.2) is 10.2 Å². The Morgan fingerprint density at radius 1 is 1.08 bits per heavy atom. The van der Waals surface area contributed by atoms with Crippen LogP contribution in [0.2, 0.25) is 0 Å². The van der Waals surface area contributed by atoms with Crippen LogP contribution in [0.25, 0.3) is 32.9 Å². The van der Waals surface area contributed by atoms with Crippen molar-refractivity contribution in [3.8, 4) is 11.5 Å². The molecule has 5 nitrogen and oxygen atoms in total. The zero-order valence-corrected chi connectivity index (χ0v) is 13.8. The van der Waals surface area contributed by atoms with Gasteiger partial charge in [-0.3, -0.25) is 4.79 Å². The fraction of sp³-hybridized carbons (Fsp3) is 0.150. The molecular formula is C20H16O5. The first kappa shape index (κ1) is 15.3. The highest BCUT2D eigenvalue weighted by Gasteiger charge is 2.22. The third-order valence-corrected chi connectivity index (χ3v) is 4.32. The van der Waals surface area contributed by atoms with Crippen LogP contribution in [0, 0.1) is 0 Å². The first-order chi connectivity index (χ1) is 12.0. The maximum atomic E-state index is 12.9. The number of furan rings is 1. The van der Waals surface area contributed by atoms with Gasteiger partial charge in [0.2, 0.25) is 5.43 Å². The first-order valence-electron chi connectivity index (χ1n) is 7.92. The van der Waals surface area contributed by atoms with Crippen molar-refractivity contribution in [1.82, 2.24) is 0 Å². The van der Waals surface area contributed by atoms with Gasteiger partial charge in [-0.05, 0) is 38.5 Å². The van der Waals surface area contributed by atoms with Crippen LogP contribution in [0.15, 0.2) is 55.8 Å². The molecule has 2 aromatic carbocycles. The lowest BCUT2D eigenvalue weighted by atomic mass is 10.0. The van der Waals surface area contributed by atoms with E-state index in [2.05, 4.69) is 0 Å². The average molecular weight is 336 g/mol. The molecule has 0 fully saturated rings. The summed E-state index contributed by atoms with van der Waals surface area (Å²) in [7, 11) is 0. The largest absolute Gasteiger partial charge is 0.507 e. The zero-order valence-electron chi connectivity index (χ0n) is 13.8. The summed E-state index contributed by atoms with van der Waals surface area (Å²) in [6, 6.07) is 6.28. The SMILES string of the molecule is CC(C)=CCc1c(O)c2c(=O)c3cccc(O)c3oc2c2ccoc12. The van der Waals surface area contributed by atoms with Crippen molar-refractivity contribution in [2.75, 3.05) is 0 Å². The summed E-state index contributed by atoms with van der Waals surface area (Å²) < 4.78 is 11.3. The molecule has 0 aliphatic heterocycles. The summed E-state index contributed by atoms with van der Waals surface area (Å²) in [6.07, 6.45) is 3.88. The number of aromatic hydroxyl groups is 2. The van der Waals surface area contributed by atoms with Crippen LogP contribution < -0.4 is 5.43 Å². The van der Waals surface area contributed by atoms with E-state index in [1.54, 1.807) is 18.2 Å². The Morgan fingerprint density at radius 2 is 1.88 bits per heavy atom. The maximum Gasteiger partial charge on any atom is 0.204 e. The van der Waals surface area contributed by atoms with Crippen molar-refractivity contribution in [2.45, 2.75) is 20.3 Å². The monoisotopic (exact) mass is 336 g/mol. The maximum absolute atomic E-state index is 12.9. The highest BCUT2D eigenvalue weighted by molar-refractivity contribution is 6.10. The molecule has 25 heavy (non-hydrogen) atoms. The van der Waals surface area contributed by atoms with Crippen LogP contribution in [0.4, 0.5) is 0 Å². The predicted molar refractivity (Wildman–Crippen MR) is 96.2 cm³/mol. The molecule has 0 bridgehead atoms. The summed E-state index contributed by atoms with van der Waals surface area (Å²) in [5.41, 5.74) is 2.03. The van der Waals surface area contributed by atoms with Gasteiger partial charge >= 0.3 is 0 Å². The number of phenolic OH excluding ortho intramolecular Hbond substituents is 2. The van der Waals surface area contributed by atoms with Crippen LogP contribution in [-0.2, 0) is 6.42 Å². The molecule has 0 radical (unpaired) electrons. The molecule has 2 aromatic heterocycles. The summed E-state index contributed by atoms with van der Waals surface area (Å²) in [5.74, 6) is -0.268. The number of hydrogen-bond donors (Lipinski definition) is 2. The van der Waals surface area contributed by atoms with Crippen LogP contribution in [0.1, 0.15) is 19.4 Å². The summed E-state index contributed by atoms with van der Waals surface area (Å²) >= 11 is 0. The number of fused-ring (bicyclic) bond motifs is 4. The Hall–Kier alpha value is -3.21. The van der Waals surface area contributed by atoms with Gasteiger partial charge in [0, 0.05) is 5.56 Å². The number of rotatable bonds is 2. The second kappa shape index (κ2) is 5.41. The second-order valence-electron chi connectivity index (χ2n) is 6.27. The van der Waals surface area contributed by atoms with Gasteiger partial charge in [0.25, 0.3) is 0 Å². The minimum Gasteiger partial charge on any atom is -0.507 e. The quantitative estimate of drug-likeness (QED) is 0.412. The fourth-order valence-electron chi connectivity index (χ4n) is 3.08. The standard InChI is InChI=1S/C20H16O5/c1-10(2)6-7-12-17(23)15-16(22)11-4-3-5-14(21)19(11)25-20(15)13-8-9-24-18(12)13/h3-6,8-9,21,23H,7H2,1-2H3. The molecular weight excluding hydrogens is 320 g/mol. The number of hydrogen-bond acceptors (Lipinski definition) is 5.